The van der Waals surface area contributed by atoms with Gasteiger partial charge in [-0.2, -0.15) is 0 Å². The monoisotopic (exact) mass is 276 g/mol. The summed E-state index contributed by atoms with van der Waals surface area (Å²) in [6, 6.07) is 6.98. The molecule has 0 aliphatic carbocycles. The molecule has 3 N–H and O–H groups in total. The highest BCUT2D eigenvalue weighted by atomic mass is 16.2. The Morgan fingerprint density at radius 2 is 1.75 bits per heavy atom. The first-order valence-electron chi connectivity index (χ1n) is 6.80. The van der Waals surface area contributed by atoms with E-state index in [1.807, 2.05) is 6.92 Å². The zero-order valence-electron chi connectivity index (χ0n) is 11.6. The van der Waals surface area contributed by atoms with E-state index in [1.165, 1.54) is 0 Å². The van der Waals surface area contributed by atoms with Gasteiger partial charge in [0.2, 0.25) is 0 Å². The molecule has 108 valence electrons. The van der Waals surface area contributed by atoms with Crippen LogP contribution in [0.2, 0.25) is 0 Å². The third-order valence-corrected chi connectivity index (χ3v) is 3.37. The molecule has 1 saturated heterocycles. The normalized spacial score (nSPS) is 15.1. The maximum absolute atomic E-state index is 12.3. The van der Waals surface area contributed by atoms with Gasteiger partial charge in [-0.05, 0) is 19.1 Å². The van der Waals surface area contributed by atoms with E-state index >= 15 is 0 Å². The molecule has 3 amide bonds. The number of carbonyl (C=O) groups excluding carboxylic acids is 2. The lowest BCUT2D eigenvalue weighted by Gasteiger charge is -2.34. The number of nitrogen functional groups attached to an aromatic ring is 1. The molecule has 0 atom stereocenters. The molecule has 1 fully saturated rings. The highest BCUT2D eigenvalue weighted by Crippen LogP contribution is 2.15. The highest BCUT2D eigenvalue weighted by Gasteiger charge is 2.25. The number of carbonyl (C=O) groups is 2. The van der Waals surface area contributed by atoms with E-state index < -0.39 is 0 Å². The maximum atomic E-state index is 12.3. The number of para-hydroxylation sites is 1. The van der Waals surface area contributed by atoms with Crippen LogP contribution in [0.1, 0.15) is 17.3 Å². The molecule has 0 unspecified atom stereocenters. The van der Waals surface area contributed by atoms with E-state index in [0.717, 1.165) is 0 Å². The summed E-state index contributed by atoms with van der Waals surface area (Å²) in [4.78, 5) is 27.5. The molecule has 0 bridgehead atoms. The zero-order chi connectivity index (χ0) is 14.5. The minimum Gasteiger partial charge on any atom is -0.398 e. The number of urea groups is 1. The van der Waals surface area contributed by atoms with Crippen molar-refractivity contribution < 1.29 is 9.59 Å². The Hall–Kier alpha value is -2.24. The first-order chi connectivity index (χ1) is 9.63. The molecule has 1 aliphatic rings. The number of piperazine rings is 1. The molecule has 0 aromatic heterocycles. The molecule has 1 aromatic carbocycles. The van der Waals surface area contributed by atoms with E-state index in [0.29, 0.717) is 44.0 Å². The van der Waals surface area contributed by atoms with Crippen LogP contribution >= 0.6 is 0 Å². The Bertz CT molecular complexity index is 496. The fourth-order valence-corrected chi connectivity index (χ4v) is 2.24. The Morgan fingerprint density at radius 1 is 1.15 bits per heavy atom. The number of nitrogens with one attached hydrogen (secondary N) is 1. The second-order valence-electron chi connectivity index (χ2n) is 4.70. The number of amides is 3. The van der Waals surface area contributed by atoms with Crippen LogP contribution in [0.4, 0.5) is 10.5 Å². The standard InChI is InChI=1S/C14H20N4O2/c1-2-16-14(20)18-9-7-17(8-10-18)13(19)11-5-3-4-6-12(11)15/h3-6H,2,7-10,15H2,1H3,(H,16,20). The van der Waals surface area contributed by atoms with Gasteiger partial charge in [0.25, 0.3) is 5.91 Å². The first-order valence-corrected chi connectivity index (χ1v) is 6.80. The summed E-state index contributed by atoms with van der Waals surface area (Å²) in [6.07, 6.45) is 0. The van der Waals surface area contributed by atoms with Crippen molar-refractivity contribution in [3.8, 4) is 0 Å². The van der Waals surface area contributed by atoms with Crippen LogP contribution in [-0.4, -0.2) is 54.5 Å². The van der Waals surface area contributed by atoms with Crippen molar-refractivity contribution >= 4 is 17.6 Å². The van der Waals surface area contributed by atoms with Crippen LogP contribution in [-0.2, 0) is 0 Å². The van der Waals surface area contributed by atoms with E-state index in [4.69, 9.17) is 5.73 Å². The van der Waals surface area contributed by atoms with Crippen LogP contribution in [0.25, 0.3) is 0 Å². The van der Waals surface area contributed by atoms with Crippen molar-refractivity contribution in [1.82, 2.24) is 15.1 Å². The lowest BCUT2D eigenvalue weighted by atomic mass is 10.1. The van der Waals surface area contributed by atoms with Crippen LogP contribution < -0.4 is 11.1 Å². The molecule has 0 saturated carbocycles. The van der Waals surface area contributed by atoms with Crippen molar-refractivity contribution in [3.63, 3.8) is 0 Å². The van der Waals surface area contributed by atoms with Crippen LogP contribution in [0.15, 0.2) is 24.3 Å². The van der Waals surface area contributed by atoms with Crippen molar-refractivity contribution in [1.29, 1.82) is 0 Å². The largest absolute Gasteiger partial charge is 0.398 e. The van der Waals surface area contributed by atoms with E-state index in [-0.39, 0.29) is 11.9 Å². The Balaban J connectivity index is 1.96. The van der Waals surface area contributed by atoms with Gasteiger partial charge in [0.1, 0.15) is 0 Å². The molecule has 1 aliphatic heterocycles. The second-order valence-corrected chi connectivity index (χ2v) is 4.70. The van der Waals surface area contributed by atoms with Gasteiger partial charge in [-0.3, -0.25) is 4.79 Å². The first kappa shape index (κ1) is 14.2. The summed E-state index contributed by atoms with van der Waals surface area (Å²) in [6.45, 7) is 4.65. The van der Waals surface area contributed by atoms with Crippen molar-refractivity contribution in [2.75, 3.05) is 38.5 Å². The lowest BCUT2D eigenvalue weighted by molar-refractivity contribution is 0.0666. The number of nitrogens with zero attached hydrogens (tertiary/aromatic N) is 2. The van der Waals surface area contributed by atoms with Crippen molar-refractivity contribution in [2.24, 2.45) is 0 Å². The van der Waals surface area contributed by atoms with Crippen molar-refractivity contribution in [2.45, 2.75) is 6.92 Å². The predicted molar refractivity (Wildman–Crippen MR) is 77.4 cm³/mol. The summed E-state index contributed by atoms with van der Waals surface area (Å²) in [5.41, 5.74) is 6.84. The molecule has 20 heavy (non-hydrogen) atoms. The smallest absolute Gasteiger partial charge is 0.317 e. The summed E-state index contributed by atoms with van der Waals surface area (Å²) >= 11 is 0. The van der Waals surface area contributed by atoms with Gasteiger partial charge in [-0.25, -0.2) is 4.79 Å². The van der Waals surface area contributed by atoms with Gasteiger partial charge < -0.3 is 20.9 Å². The molecule has 1 aromatic rings. The number of anilines is 1. The minimum absolute atomic E-state index is 0.0705. The fraction of sp³-hybridized carbons (Fsp3) is 0.429. The molecule has 0 radical (unpaired) electrons. The molecule has 1 heterocycles. The molecule has 6 nitrogen and oxygen atoms in total. The van der Waals surface area contributed by atoms with Crippen molar-refractivity contribution in [3.05, 3.63) is 29.8 Å². The topological polar surface area (TPSA) is 78.7 Å². The minimum atomic E-state index is -0.0707. The summed E-state index contributed by atoms with van der Waals surface area (Å²) in [7, 11) is 0. The van der Waals surface area contributed by atoms with Crippen LogP contribution in [0, 0.1) is 0 Å². The molecule has 6 heteroatoms. The van der Waals surface area contributed by atoms with E-state index in [9.17, 15) is 9.59 Å². The average Bonchev–Trinajstić information content (AvgIpc) is 2.47. The molecule has 0 spiro atoms. The van der Waals surface area contributed by atoms with Gasteiger partial charge in [0.05, 0.1) is 5.56 Å². The van der Waals surface area contributed by atoms with Gasteiger partial charge in [0.15, 0.2) is 0 Å². The Kier molecular flexibility index (Phi) is 4.45. The van der Waals surface area contributed by atoms with Gasteiger partial charge in [-0.1, -0.05) is 12.1 Å². The third kappa shape index (κ3) is 3.01. The number of benzene rings is 1. The van der Waals surface area contributed by atoms with E-state index in [1.54, 1.807) is 34.1 Å². The van der Waals surface area contributed by atoms with Gasteiger partial charge in [-0.15, -0.1) is 0 Å². The predicted octanol–water partition coefficient (Wildman–Crippen LogP) is 0.756. The molecular weight excluding hydrogens is 256 g/mol. The fourth-order valence-electron chi connectivity index (χ4n) is 2.24. The second kappa shape index (κ2) is 6.27. The Labute approximate surface area is 118 Å². The lowest BCUT2D eigenvalue weighted by Crippen LogP contribution is -2.53. The van der Waals surface area contributed by atoms with Crippen LogP contribution in [0.3, 0.4) is 0 Å². The number of nitrogens with two attached hydrogens (primary N) is 1. The van der Waals surface area contributed by atoms with Gasteiger partial charge >= 0.3 is 6.03 Å². The van der Waals surface area contributed by atoms with E-state index in [2.05, 4.69) is 5.32 Å². The Morgan fingerprint density at radius 3 is 2.35 bits per heavy atom. The average molecular weight is 276 g/mol. The van der Waals surface area contributed by atoms with Gasteiger partial charge in [0, 0.05) is 38.4 Å². The summed E-state index contributed by atoms with van der Waals surface area (Å²) < 4.78 is 0. The van der Waals surface area contributed by atoms with Crippen LogP contribution in [0.5, 0.6) is 0 Å². The summed E-state index contributed by atoms with van der Waals surface area (Å²) in [5, 5.41) is 2.76. The SMILES string of the molecule is CCNC(=O)N1CCN(C(=O)c2ccccc2N)CC1. The number of rotatable bonds is 2. The zero-order valence-corrected chi connectivity index (χ0v) is 11.6. The maximum Gasteiger partial charge on any atom is 0.317 e. The number of hydrogen-bond donors (Lipinski definition) is 2. The molecule has 2 rings (SSSR count). The number of hydrogen-bond acceptors (Lipinski definition) is 3. The molecular formula is C14H20N4O2. The summed E-state index contributed by atoms with van der Waals surface area (Å²) in [5.74, 6) is -0.0707. The quantitative estimate of drug-likeness (QED) is 0.783. The third-order valence-electron chi connectivity index (χ3n) is 3.37. The highest BCUT2D eigenvalue weighted by molar-refractivity contribution is 5.99.